The first-order valence-corrected chi connectivity index (χ1v) is 13.4. The number of carbonyl (C=O) groups excluding carboxylic acids is 2. The van der Waals surface area contributed by atoms with Crippen LogP contribution >= 0.6 is 23.4 Å². The van der Waals surface area contributed by atoms with Crippen LogP contribution < -0.4 is 5.32 Å². The van der Waals surface area contributed by atoms with Gasteiger partial charge in [-0.3, -0.25) is 9.59 Å². The minimum absolute atomic E-state index is 0.0211. The summed E-state index contributed by atoms with van der Waals surface area (Å²) in [6.45, 7) is 0. The molecule has 0 aliphatic heterocycles. The lowest BCUT2D eigenvalue weighted by atomic mass is 9.86. The van der Waals surface area contributed by atoms with Crippen LogP contribution in [0.3, 0.4) is 0 Å². The zero-order valence-corrected chi connectivity index (χ0v) is 22.1. The molecule has 0 saturated carbocycles. The number of thioether (sulfide) groups is 1. The van der Waals surface area contributed by atoms with Crippen molar-refractivity contribution < 1.29 is 9.59 Å². The summed E-state index contributed by atoms with van der Waals surface area (Å²) in [4.78, 5) is 26.5. The first-order valence-electron chi connectivity index (χ1n) is 12.1. The van der Waals surface area contributed by atoms with Crippen molar-refractivity contribution in [1.29, 1.82) is 5.26 Å². The lowest BCUT2D eigenvalue weighted by Gasteiger charge is -2.21. The number of halogens is 1. The van der Waals surface area contributed by atoms with Crippen LogP contribution in [-0.2, 0) is 5.75 Å². The van der Waals surface area contributed by atoms with E-state index in [0.29, 0.717) is 32.5 Å². The molecular weight excluding hydrogens is 512 g/mol. The van der Waals surface area contributed by atoms with Gasteiger partial charge in [0, 0.05) is 34.2 Å². The highest BCUT2D eigenvalue weighted by atomic mass is 35.5. The van der Waals surface area contributed by atoms with Gasteiger partial charge in [0.1, 0.15) is 0 Å². The van der Waals surface area contributed by atoms with E-state index in [1.807, 2.05) is 54.6 Å². The molecule has 1 amide bonds. The maximum absolute atomic E-state index is 13.3. The molecule has 0 heterocycles. The summed E-state index contributed by atoms with van der Waals surface area (Å²) in [6, 6.07) is 37.1. The predicted octanol–water partition coefficient (Wildman–Crippen LogP) is 7.80. The highest BCUT2D eigenvalue weighted by Crippen LogP contribution is 2.38. The van der Waals surface area contributed by atoms with Gasteiger partial charge in [-0.15, -0.1) is 11.8 Å². The normalized spacial score (nSPS) is 12.1. The smallest absolute Gasteiger partial charge is 0.256 e. The standard InChI is InChI=1S/C32H25ClN2O2S/c33-29-19-11-10-18-26(29)27(20-30(36)24-14-6-2-7-15-24)28(21-34)32(38-22-23-12-4-1-5-13-23)35-31(37)25-16-8-3-9-17-25/h1-19,27H,20,22H2,(H,35,37)/b32-28+/t27-/m0/s1. The van der Waals surface area contributed by atoms with E-state index >= 15 is 0 Å². The van der Waals surface area contributed by atoms with Gasteiger partial charge in [-0.25, -0.2) is 0 Å². The predicted molar refractivity (Wildman–Crippen MR) is 154 cm³/mol. The number of ketones is 1. The molecule has 0 bridgehead atoms. The molecule has 1 N–H and O–H groups in total. The zero-order chi connectivity index (χ0) is 26.7. The molecule has 1 atom stereocenters. The van der Waals surface area contributed by atoms with Crippen LogP contribution in [0.15, 0.2) is 126 Å². The van der Waals surface area contributed by atoms with Crippen LogP contribution in [0.5, 0.6) is 0 Å². The van der Waals surface area contributed by atoms with Crippen molar-refractivity contribution in [2.24, 2.45) is 0 Å². The average Bonchev–Trinajstić information content (AvgIpc) is 2.97. The summed E-state index contributed by atoms with van der Waals surface area (Å²) in [5, 5.41) is 14.3. The third-order valence-electron chi connectivity index (χ3n) is 5.97. The number of Topliss-reactive ketones (excluding diaryl/α,β-unsaturated/α-hetero) is 1. The number of hydrogen-bond donors (Lipinski definition) is 1. The van der Waals surface area contributed by atoms with Gasteiger partial charge in [0.05, 0.1) is 16.7 Å². The second-order valence-electron chi connectivity index (χ2n) is 8.52. The van der Waals surface area contributed by atoms with Crippen molar-refractivity contribution in [1.82, 2.24) is 5.32 Å². The average molecular weight is 537 g/mol. The van der Waals surface area contributed by atoms with Gasteiger partial charge < -0.3 is 5.32 Å². The first kappa shape index (κ1) is 26.9. The SMILES string of the molecule is N#C/C(=C(/NC(=O)c1ccccc1)SCc1ccccc1)[C@@H](CC(=O)c1ccccc1)c1ccccc1Cl. The fourth-order valence-corrected chi connectivity index (χ4v) is 5.29. The van der Waals surface area contributed by atoms with E-state index in [1.54, 1.807) is 60.7 Å². The van der Waals surface area contributed by atoms with E-state index in [4.69, 9.17) is 11.6 Å². The third-order valence-corrected chi connectivity index (χ3v) is 7.40. The van der Waals surface area contributed by atoms with Crippen molar-refractivity contribution in [3.63, 3.8) is 0 Å². The summed E-state index contributed by atoms with van der Waals surface area (Å²) in [5.41, 5.74) is 3.00. The second kappa shape index (κ2) is 13.4. The quantitative estimate of drug-likeness (QED) is 0.166. The molecule has 4 aromatic rings. The van der Waals surface area contributed by atoms with E-state index < -0.39 is 5.92 Å². The minimum Gasteiger partial charge on any atom is -0.316 e. The monoisotopic (exact) mass is 536 g/mol. The van der Waals surface area contributed by atoms with Gasteiger partial charge in [0.2, 0.25) is 0 Å². The number of allylic oxidation sites excluding steroid dienone is 1. The molecule has 6 heteroatoms. The topological polar surface area (TPSA) is 70.0 Å². The van der Waals surface area contributed by atoms with Crippen molar-refractivity contribution in [2.75, 3.05) is 0 Å². The summed E-state index contributed by atoms with van der Waals surface area (Å²) >= 11 is 7.94. The second-order valence-corrected chi connectivity index (χ2v) is 9.91. The number of hydrogen-bond acceptors (Lipinski definition) is 4. The zero-order valence-electron chi connectivity index (χ0n) is 20.5. The molecule has 4 rings (SSSR count). The molecule has 0 fully saturated rings. The van der Waals surface area contributed by atoms with Gasteiger partial charge in [-0.2, -0.15) is 5.26 Å². The van der Waals surface area contributed by atoms with Crippen molar-refractivity contribution in [3.05, 3.63) is 153 Å². The largest absolute Gasteiger partial charge is 0.316 e. The fourth-order valence-electron chi connectivity index (χ4n) is 4.02. The molecule has 4 aromatic carbocycles. The molecule has 38 heavy (non-hydrogen) atoms. The van der Waals surface area contributed by atoms with E-state index in [-0.39, 0.29) is 23.7 Å². The van der Waals surface area contributed by atoms with Crippen LogP contribution in [0.4, 0.5) is 0 Å². The van der Waals surface area contributed by atoms with Crippen LogP contribution in [0.25, 0.3) is 0 Å². The van der Waals surface area contributed by atoms with Gasteiger partial charge >= 0.3 is 0 Å². The highest BCUT2D eigenvalue weighted by Gasteiger charge is 2.27. The van der Waals surface area contributed by atoms with E-state index in [9.17, 15) is 14.9 Å². The molecule has 188 valence electrons. The fraction of sp³-hybridized carbons (Fsp3) is 0.0938. The number of nitrogens with one attached hydrogen (secondary N) is 1. The Hall–Kier alpha value is -4.11. The van der Waals surface area contributed by atoms with E-state index in [2.05, 4.69) is 11.4 Å². The maximum Gasteiger partial charge on any atom is 0.256 e. The Morgan fingerprint density at radius 1 is 0.789 bits per heavy atom. The van der Waals surface area contributed by atoms with Crippen LogP contribution in [0.2, 0.25) is 5.02 Å². The number of benzene rings is 4. The Morgan fingerprint density at radius 2 is 1.34 bits per heavy atom. The lowest BCUT2D eigenvalue weighted by molar-refractivity contribution is 0.0966. The molecule has 0 saturated heterocycles. The number of nitrogens with zero attached hydrogens (tertiary/aromatic N) is 1. The minimum atomic E-state index is -0.657. The lowest BCUT2D eigenvalue weighted by Crippen LogP contribution is -2.24. The van der Waals surface area contributed by atoms with E-state index in [1.165, 1.54) is 11.8 Å². The number of amides is 1. The van der Waals surface area contributed by atoms with Gasteiger partial charge in [-0.05, 0) is 29.3 Å². The summed E-state index contributed by atoms with van der Waals surface area (Å²) < 4.78 is 0. The highest BCUT2D eigenvalue weighted by molar-refractivity contribution is 8.02. The molecule has 0 spiro atoms. The van der Waals surface area contributed by atoms with E-state index in [0.717, 1.165) is 5.56 Å². The first-order chi connectivity index (χ1) is 18.6. The number of nitriles is 1. The molecule has 0 aliphatic rings. The van der Waals surface area contributed by atoms with Crippen molar-refractivity contribution >= 4 is 35.1 Å². The molecule has 0 aromatic heterocycles. The summed E-state index contributed by atoms with van der Waals surface area (Å²) in [5.74, 6) is -0.583. The Balaban J connectivity index is 1.78. The van der Waals surface area contributed by atoms with Crippen molar-refractivity contribution in [2.45, 2.75) is 18.1 Å². The molecule has 0 radical (unpaired) electrons. The molecule has 0 aliphatic carbocycles. The summed E-state index contributed by atoms with van der Waals surface area (Å²) in [6.07, 6.45) is 0.0211. The third kappa shape index (κ3) is 7.01. The van der Waals surface area contributed by atoms with Gasteiger partial charge in [0.15, 0.2) is 5.78 Å². The maximum atomic E-state index is 13.3. The molecule has 4 nitrogen and oxygen atoms in total. The molecule has 0 unspecified atom stereocenters. The number of carbonyl (C=O) groups is 2. The van der Waals surface area contributed by atoms with Crippen LogP contribution in [0, 0.1) is 11.3 Å². The summed E-state index contributed by atoms with van der Waals surface area (Å²) in [7, 11) is 0. The van der Waals surface area contributed by atoms with Crippen molar-refractivity contribution in [3.8, 4) is 6.07 Å². The van der Waals surface area contributed by atoms with Gasteiger partial charge in [-0.1, -0.05) is 109 Å². The van der Waals surface area contributed by atoms with Crippen LogP contribution in [0.1, 0.15) is 44.2 Å². The number of rotatable bonds is 10. The Bertz CT molecular complexity index is 1470. The Morgan fingerprint density at radius 3 is 1.95 bits per heavy atom. The Labute approximate surface area is 232 Å². The molecular formula is C32H25ClN2O2S. The van der Waals surface area contributed by atoms with Gasteiger partial charge in [0.25, 0.3) is 5.91 Å². The van der Waals surface area contributed by atoms with Crippen LogP contribution in [-0.4, -0.2) is 11.7 Å². The Kier molecular flexibility index (Phi) is 9.53.